The Kier molecular flexibility index (Phi) is 7.36. The van der Waals surface area contributed by atoms with E-state index in [1.165, 1.54) is 6.92 Å². The van der Waals surface area contributed by atoms with Crippen LogP contribution < -0.4 is 10.6 Å². The number of amides is 2. The smallest absolute Gasteiger partial charge is 0.235 e. The zero-order valence-electron chi connectivity index (χ0n) is 20.8. The molecule has 186 valence electrons. The van der Waals surface area contributed by atoms with Crippen LogP contribution in [0.5, 0.6) is 0 Å². The number of para-hydroxylation sites is 2. The van der Waals surface area contributed by atoms with Gasteiger partial charge in [-0.05, 0) is 48.2 Å². The number of hydrogen-bond donors (Lipinski definition) is 3. The maximum Gasteiger partial charge on any atom is 0.235 e. The summed E-state index contributed by atoms with van der Waals surface area (Å²) in [7, 11) is 0. The highest BCUT2D eigenvalue weighted by atomic mass is 16.3. The predicted molar refractivity (Wildman–Crippen MR) is 141 cm³/mol. The molecule has 0 unspecified atom stereocenters. The number of anilines is 2. The first-order valence-corrected chi connectivity index (χ1v) is 12.2. The molecule has 4 rings (SSSR count). The summed E-state index contributed by atoms with van der Waals surface area (Å²) in [5.41, 5.74) is 1.26. The number of hydrogen-bond acceptors (Lipinski definition) is 4. The molecule has 2 amide bonds. The van der Waals surface area contributed by atoms with Gasteiger partial charge in [0.25, 0.3) is 0 Å². The number of nitrogens with one attached hydrogen (secondary N) is 2. The summed E-state index contributed by atoms with van der Waals surface area (Å²) in [6.45, 7) is 5.66. The molecule has 4 atom stereocenters. The number of ketones is 1. The largest absolute Gasteiger partial charge is 0.389 e. The lowest BCUT2D eigenvalue weighted by Crippen LogP contribution is -2.56. The molecule has 0 saturated heterocycles. The number of Topliss-reactive ketones (excluding diaryl/α,β-unsaturated/α-hetero) is 1. The van der Waals surface area contributed by atoms with Crippen LogP contribution in [0, 0.1) is 11.8 Å². The van der Waals surface area contributed by atoms with Gasteiger partial charge in [0.15, 0.2) is 0 Å². The van der Waals surface area contributed by atoms with Crippen molar-refractivity contribution in [2.45, 2.75) is 44.6 Å². The van der Waals surface area contributed by atoms with E-state index in [2.05, 4.69) is 24.5 Å². The Morgan fingerprint density at radius 3 is 1.83 bits per heavy atom. The van der Waals surface area contributed by atoms with Crippen LogP contribution in [0.1, 0.15) is 50.2 Å². The van der Waals surface area contributed by atoms with Gasteiger partial charge in [-0.2, -0.15) is 0 Å². The van der Waals surface area contributed by atoms with Gasteiger partial charge in [-0.1, -0.05) is 74.5 Å². The third-order valence-corrected chi connectivity index (χ3v) is 6.90. The van der Waals surface area contributed by atoms with E-state index in [1.807, 2.05) is 36.4 Å². The lowest BCUT2D eigenvalue weighted by Gasteiger charge is -2.44. The molecule has 0 heterocycles. The van der Waals surface area contributed by atoms with E-state index < -0.39 is 41.0 Å². The van der Waals surface area contributed by atoms with Crippen molar-refractivity contribution in [3.8, 4) is 0 Å². The average molecular weight is 485 g/mol. The number of carbonyl (C=O) groups is 3. The standard InChI is InChI=1S/C30H32N2O4/c1-19(2)20-14-16-21(17-15-20)25-26(28(34)31-22-10-6-4-7-11-22)24(33)18-30(3,36)27(25)29(35)32-23-12-8-5-9-13-23/h4-17,19,25-27,36H,18H2,1-3H3,(H,31,34)(H,32,35)/t25-,26-,27-,30+/m1/s1. The van der Waals surface area contributed by atoms with Crippen LogP contribution in [0.25, 0.3) is 0 Å². The van der Waals surface area contributed by atoms with Crippen molar-refractivity contribution in [3.05, 3.63) is 96.1 Å². The molecule has 36 heavy (non-hydrogen) atoms. The number of benzene rings is 3. The van der Waals surface area contributed by atoms with Crippen molar-refractivity contribution in [1.29, 1.82) is 0 Å². The van der Waals surface area contributed by atoms with Gasteiger partial charge in [-0.3, -0.25) is 14.4 Å². The summed E-state index contributed by atoms with van der Waals surface area (Å²) >= 11 is 0. The van der Waals surface area contributed by atoms with Crippen LogP contribution in [-0.4, -0.2) is 28.3 Å². The predicted octanol–water partition coefficient (Wildman–Crippen LogP) is 5.13. The molecular weight excluding hydrogens is 452 g/mol. The molecule has 0 spiro atoms. The van der Waals surface area contributed by atoms with Crippen LogP contribution in [0.3, 0.4) is 0 Å². The van der Waals surface area contributed by atoms with Gasteiger partial charge in [-0.15, -0.1) is 0 Å². The minimum Gasteiger partial charge on any atom is -0.389 e. The van der Waals surface area contributed by atoms with E-state index in [0.717, 1.165) is 5.56 Å². The molecule has 0 aliphatic heterocycles. The fraction of sp³-hybridized carbons (Fsp3) is 0.300. The van der Waals surface area contributed by atoms with Gasteiger partial charge in [0, 0.05) is 23.7 Å². The molecular formula is C30H32N2O4. The van der Waals surface area contributed by atoms with Crippen LogP contribution in [0.4, 0.5) is 11.4 Å². The van der Waals surface area contributed by atoms with Crippen LogP contribution in [0.15, 0.2) is 84.9 Å². The number of rotatable bonds is 6. The second-order valence-corrected chi connectivity index (χ2v) is 10.0. The van der Waals surface area contributed by atoms with Crippen molar-refractivity contribution in [2.24, 2.45) is 11.8 Å². The quantitative estimate of drug-likeness (QED) is 0.423. The average Bonchev–Trinajstić information content (AvgIpc) is 2.84. The topological polar surface area (TPSA) is 95.5 Å². The lowest BCUT2D eigenvalue weighted by atomic mass is 9.61. The van der Waals surface area contributed by atoms with Gasteiger partial charge in [0.05, 0.1) is 11.5 Å². The first-order valence-electron chi connectivity index (χ1n) is 12.2. The summed E-state index contributed by atoms with van der Waals surface area (Å²) in [4.78, 5) is 40.6. The second kappa shape index (κ2) is 10.5. The van der Waals surface area contributed by atoms with Crippen LogP contribution >= 0.6 is 0 Å². The first kappa shape index (κ1) is 25.3. The molecule has 0 aromatic heterocycles. The molecule has 1 saturated carbocycles. The molecule has 3 aromatic carbocycles. The van der Waals surface area contributed by atoms with Crippen molar-refractivity contribution in [1.82, 2.24) is 0 Å². The molecule has 0 bridgehead atoms. The van der Waals surface area contributed by atoms with Crippen LogP contribution in [-0.2, 0) is 14.4 Å². The van der Waals surface area contributed by atoms with Gasteiger partial charge in [0.1, 0.15) is 11.7 Å². The van der Waals surface area contributed by atoms with Crippen LogP contribution in [0.2, 0.25) is 0 Å². The normalized spacial score (nSPS) is 23.8. The Bertz CT molecular complexity index is 1220. The Hall–Kier alpha value is -3.77. The summed E-state index contributed by atoms with van der Waals surface area (Å²) in [5, 5.41) is 17.1. The maximum absolute atomic E-state index is 13.7. The summed E-state index contributed by atoms with van der Waals surface area (Å²) < 4.78 is 0. The van der Waals surface area contributed by atoms with E-state index in [1.54, 1.807) is 48.5 Å². The van der Waals surface area contributed by atoms with E-state index in [0.29, 0.717) is 22.9 Å². The van der Waals surface area contributed by atoms with E-state index >= 15 is 0 Å². The molecule has 6 nitrogen and oxygen atoms in total. The van der Waals surface area contributed by atoms with Gasteiger partial charge in [0.2, 0.25) is 11.8 Å². The van der Waals surface area contributed by atoms with E-state index in [4.69, 9.17) is 0 Å². The van der Waals surface area contributed by atoms with Crippen molar-refractivity contribution in [2.75, 3.05) is 10.6 Å². The van der Waals surface area contributed by atoms with Crippen molar-refractivity contribution in [3.63, 3.8) is 0 Å². The minimum absolute atomic E-state index is 0.296. The zero-order valence-corrected chi connectivity index (χ0v) is 20.8. The summed E-state index contributed by atoms with van der Waals surface area (Å²) in [6.07, 6.45) is -0.298. The number of carbonyl (C=O) groups excluding carboxylic acids is 3. The molecule has 3 N–H and O–H groups in total. The molecule has 0 radical (unpaired) electrons. The minimum atomic E-state index is -1.64. The Balaban J connectivity index is 1.77. The Morgan fingerprint density at radius 1 is 0.833 bits per heavy atom. The van der Waals surface area contributed by atoms with Crippen molar-refractivity contribution < 1.29 is 19.5 Å². The van der Waals surface area contributed by atoms with Crippen molar-refractivity contribution >= 4 is 29.0 Å². The third-order valence-electron chi connectivity index (χ3n) is 6.90. The van der Waals surface area contributed by atoms with Gasteiger partial charge in [-0.25, -0.2) is 0 Å². The zero-order chi connectivity index (χ0) is 25.9. The fourth-order valence-electron chi connectivity index (χ4n) is 5.08. The summed E-state index contributed by atoms with van der Waals surface area (Å²) in [6, 6.07) is 25.5. The second-order valence-electron chi connectivity index (χ2n) is 10.0. The van der Waals surface area contributed by atoms with E-state index in [-0.39, 0.29) is 6.42 Å². The number of aliphatic hydroxyl groups is 1. The highest BCUT2D eigenvalue weighted by Crippen LogP contribution is 2.46. The Morgan fingerprint density at radius 2 is 1.33 bits per heavy atom. The molecule has 1 aliphatic rings. The maximum atomic E-state index is 13.7. The highest BCUT2D eigenvalue weighted by molar-refractivity contribution is 6.10. The first-order chi connectivity index (χ1) is 17.2. The monoisotopic (exact) mass is 484 g/mol. The highest BCUT2D eigenvalue weighted by Gasteiger charge is 2.55. The third kappa shape index (κ3) is 5.39. The summed E-state index contributed by atoms with van der Waals surface area (Å²) in [5.74, 6) is -4.05. The molecule has 1 fully saturated rings. The van der Waals surface area contributed by atoms with Gasteiger partial charge < -0.3 is 15.7 Å². The SMILES string of the molecule is CC(C)c1ccc([C@@H]2[C@H](C(=O)Nc3ccccc3)C(=O)C[C@](C)(O)[C@H]2C(=O)Nc2ccccc2)cc1. The van der Waals surface area contributed by atoms with Gasteiger partial charge >= 0.3 is 0 Å². The fourth-order valence-corrected chi connectivity index (χ4v) is 5.08. The Labute approximate surface area is 211 Å². The molecule has 3 aromatic rings. The van der Waals surface area contributed by atoms with E-state index in [9.17, 15) is 19.5 Å². The lowest BCUT2D eigenvalue weighted by molar-refractivity contribution is -0.150. The molecule has 6 heteroatoms. The molecule has 1 aliphatic carbocycles.